The molecule has 1 fully saturated rings. The van der Waals surface area contributed by atoms with Crippen LogP contribution in [0.15, 0.2) is 48.5 Å². The van der Waals surface area contributed by atoms with Gasteiger partial charge in [0, 0.05) is 32.6 Å². The Morgan fingerprint density at radius 1 is 1.06 bits per heavy atom. The van der Waals surface area contributed by atoms with E-state index >= 15 is 0 Å². The molecule has 0 unspecified atom stereocenters. The average Bonchev–Trinajstić information content (AvgIpc) is 3.21. The molecule has 0 aliphatic carbocycles. The summed E-state index contributed by atoms with van der Waals surface area (Å²) in [6.45, 7) is 3.41. The first-order valence-electron chi connectivity index (χ1n) is 11.2. The predicted molar refractivity (Wildman–Crippen MR) is 126 cm³/mol. The number of aliphatic hydroxyl groups excluding tert-OH is 1. The van der Waals surface area contributed by atoms with Crippen LogP contribution in [0, 0.1) is 0 Å². The number of amides is 1. The zero-order valence-electron chi connectivity index (χ0n) is 17.9. The van der Waals surface area contributed by atoms with Gasteiger partial charge < -0.3 is 10.4 Å². The predicted octanol–water partition coefficient (Wildman–Crippen LogP) is 4.28. The van der Waals surface area contributed by atoms with Crippen LogP contribution in [-0.4, -0.2) is 40.1 Å². The van der Waals surface area contributed by atoms with E-state index in [9.17, 15) is 9.90 Å². The molecule has 1 aliphatic heterocycles. The fourth-order valence-corrected chi connectivity index (χ4v) is 4.98. The molecule has 164 valence electrons. The lowest BCUT2D eigenvalue weighted by Crippen LogP contribution is -2.35. The van der Waals surface area contributed by atoms with Crippen LogP contribution in [0.5, 0.6) is 0 Å². The molecule has 1 saturated heterocycles. The summed E-state index contributed by atoms with van der Waals surface area (Å²) in [6.07, 6.45) is 4.96. The Labute approximate surface area is 188 Å². The molecule has 1 amide bonds. The summed E-state index contributed by atoms with van der Waals surface area (Å²) >= 11 is 1.75. The van der Waals surface area contributed by atoms with E-state index in [0.29, 0.717) is 13.0 Å². The Kier molecular flexibility index (Phi) is 7.67. The standard InChI is InChI=1S/C25H31N3O2S/c29-21-13-15-28(16-14-21)18-20-11-9-19(10-12-20)17-26-24(30)7-3-4-8-25-27-22-5-1-2-6-23(22)31-25/h1-2,5-6,9-12,21,29H,3-4,7-8,13-18H2,(H,26,30). The maximum absolute atomic E-state index is 12.2. The summed E-state index contributed by atoms with van der Waals surface area (Å²) in [5, 5.41) is 13.8. The molecule has 2 N–H and O–H groups in total. The molecule has 0 radical (unpaired) electrons. The molecular formula is C25H31N3O2S. The van der Waals surface area contributed by atoms with Crippen LogP contribution in [0.2, 0.25) is 0 Å². The van der Waals surface area contributed by atoms with Crippen molar-refractivity contribution in [1.82, 2.24) is 15.2 Å². The number of carbonyl (C=O) groups excluding carboxylic acids is 1. The molecule has 31 heavy (non-hydrogen) atoms. The summed E-state index contributed by atoms with van der Waals surface area (Å²) in [5.41, 5.74) is 3.47. The van der Waals surface area contributed by atoms with Gasteiger partial charge in [-0.1, -0.05) is 36.4 Å². The minimum absolute atomic E-state index is 0.111. The monoisotopic (exact) mass is 437 g/mol. The third kappa shape index (κ3) is 6.60. The fourth-order valence-electron chi connectivity index (χ4n) is 3.98. The number of rotatable bonds is 9. The Morgan fingerprint density at radius 2 is 1.81 bits per heavy atom. The Balaban J connectivity index is 1.12. The lowest BCUT2D eigenvalue weighted by Gasteiger charge is -2.29. The highest BCUT2D eigenvalue weighted by molar-refractivity contribution is 7.18. The number of carbonyl (C=O) groups is 1. The normalized spacial score (nSPS) is 15.4. The Hall–Kier alpha value is -2.28. The van der Waals surface area contributed by atoms with Gasteiger partial charge in [0.2, 0.25) is 5.91 Å². The van der Waals surface area contributed by atoms with E-state index in [-0.39, 0.29) is 12.0 Å². The van der Waals surface area contributed by atoms with E-state index in [1.54, 1.807) is 11.3 Å². The first-order valence-corrected chi connectivity index (χ1v) is 12.1. The van der Waals surface area contributed by atoms with Crippen LogP contribution in [0.1, 0.15) is 48.2 Å². The van der Waals surface area contributed by atoms with Gasteiger partial charge in [-0.25, -0.2) is 4.98 Å². The number of hydrogen-bond acceptors (Lipinski definition) is 5. The zero-order valence-corrected chi connectivity index (χ0v) is 18.7. The van der Waals surface area contributed by atoms with Crippen molar-refractivity contribution >= 4 is 27.5 Å². The maximum Gasteiger partial charge on any atom is 0.220 e. The Morgan fingerprint density at radius 3 is 2.58 bits per heavy atom. The van der Waals surface area contributed by atoms with Crippen molar-refractivity contribution in [3.05, 3.63) is 64.7 Å². The minimum atomic E-state index is -0.130. The van der Waals surface area contributed by atoms with Crippen molar-refractivity contribution in [2.24, 2.45) is 0 Å². The summed E-state index contributed by atoms with van der Waals surface area (Å²) in [4.78, 5) is 19.2. The van der Waals surface area contributed by atoms with E-state index in [1.165, 1.54) is 10.3 Å². The molecule has 6 heteroatoms. The summed E-state index contributed by atoms with van der Waals surface area (Å²) in [6, 6.07) is 16.7. The molecule has 1 aromatic heterocycles. The van der Waals surface area contributed by atoms with Crippen LogP contribution >= 0.6 is 11.3 Å². The molecule has 0 atom stereocenters. The summed E-state index contributed by atoms with van der Waals surface area (Å²) < 4.78 is 1.23. The van der Waals surface area contributed by atoms with Crippen LogP contribution in [-0.2, 0) is 24.3 Å². The third-order valence-corrected chi connectivity index (χ3v) is 6.95. The molecule has 2 heterocycles. The highest BCUT2D eigenvalue weighted by Crippen LogP contribution is 2.23. The van der Waals surface area contributed by atoms with Gasteiger partial charge in [0.1, 0.15) is 0 Å². The second-order valence-corrected chi connectivity index (χ2v) is 9.50. The van der Waals surface area contributed by atoms with Gasteiger partial charge >= 0.3 is 0 Å². The van der Waals surface area contributed by atoms with E-state index < -0.39 is 0 Å². The smallest absolute Gasteiger partial charge is 0.220 e. The first kappa shape index (κ1) is 21.9. The molecule has 2 aromatic carbocycles. The van der Waals surface area contributed by atoms with Gasteiger partial charge in [-0.2, -0.15) is 0 Å². The average molecular weight is 438 g/mol. The molecule has 1 aliphatic rings. The zero-order chi connectivity index (χ0) is 21.5. The molecule has 4 rings (SSSR count). The quantitative estimate of drug-likeness (QED) is 0.491. The number of nitrogens with one attached hydrogen (secondary N) is 1. The fraction of sp³-hybridized carbons (Fsp3) is 0.440. The largest absolute Gasteiger partial charge is 0.393 e. The number of benzene rings is 2. The van der Waals surface area contributed by atoms with Crippen molar-refractivity contribution in [1.29, 1.82) is 0 Å². The molecule has 0 bridgehead atoms. The lowest BCUT2D eigenvalue weighted by atomic mass is 10.1. The number of piperidine rings is 1. The number of fused-ring (bicyclic) bond motifs is 1. The van der Waals surface area contributed by atoms with E-state index in [0.717, 1.165) is 67.8 Å². The van der Waals surface area contributed by atoms with Gasteiger partial charge in [0.05, 0.1) is 21.3 Å². The number of likely N-dealkylation sites (tertiary alicyclic amines) is 1. The molecule has 0 saturated carbocycles. The van der Waals surface area contributed by atoms with Gasteiger partial charge in [0.15, 0.2) is 0 Å². The number of aromatic nitrogens is 1. The van der Waals surface area contributed by atoms with Crippen molar-refractivity contribution in [3.63, 3.8) is 0 Å². The third-order valence-electron chi connectivity index (χ3n) is 5.86. The second kappa shape index (κ2) is 10.8. The van der Waals surface area contributed by atoms with Crippen molar-refractivity contribution < 1.29 is 9.90 Å². The first-order chi connectivity index (χ1) is 15.2. The van der Waals surface area contributed by atoms with Gasteiger partial charge in [-0.3, -0.25) is 9.69 Å². The van der Waals surface area contributed by atoms with Gasteiger partial charge in [-0.05, 0) is 55.4 Å². The molecular weight excluding hydrogens is 406 g/mol. The number of thiazole rings is 1. The highest BCUT2D eigenvalue weighted by atomic mass is 32.1. The van der Waals surface area contributed by atoms with E-state index in [4.69, 9.17) is 0 Å². The van der Waals surface area contributed by atoms with Gasteiger partial charge in [-0.15, -0.1) is 11.3 Å². The van der Waals surface area contributed by atoms with Crippen LogP contribution in [0.3, 0.4) is 0 Å². The van der Waals surface area contributed by atoms with E-state index in [2.05, 4.69) is 45.5 Å². The van der Waals surface area contributed by atoms with Crippen molar-refractivity contribution in [2.75, 3.05) is 13.1 Å². The SMILES string of the molecule is O=C(CCCCc1nc2ccccc2s1)NCc1ccc(CN2CCC(O)CC2)cc1. The number of nitrogens with zero attached hydrogens (tertiary/aromatic N) is 2. The highest BCUT2D eigenvalue weighted by Gasteiger charge is 2.16. The number of unbranched alkanes of at least 4 members (excludes halogenated alkanes) is 1. The topological polar surface area (TPSA) is 65.5 Å². The van der Waals surface area contributed by atoms with Crippen molar-refractivity contribution in [2.45, 2.75) is 57.7 Å². The summed E-state index contributed by atoms with van der Waals surface area (Å²) in [5.74, 6) is 0.111. The van der Waals surface area contributed by atoms with Crippen molar-refractivity contribution in [3.8, 4) is 0 Å². The number of aliphatic hydroxyl groups is 1. The van der Waals surface area contributed by atoms with Crippen LogP contribution in [0.4, 0.5) is 0 Å². The van der Waals surface area contributed by atoms with Crippen LogP contribution < -0.4 is 5.32 Å². The summed E-state index contributed by atoms with van der Waals surface area (Å²) in [7, 11) is 0. The maximum atomic E-state index is 12.2. The van der Waals surface area contributed by atoms with E-state index in [1.807, 2.05) is 18.2 Å². The number of hydrogen-bond donors (Lipinski definition) is 2. The number of para-hydroxylation sites is 1. The molecule has 0 spiro atoms. The molecule has 5 nitrogen and oxygen atoms in total. The molecule has 3 aromatic rings. The minimum Gasteiger partial charge on any atom is -0.393 e. The number of aryl methyl sites for hydroxylation is 1. The Bertz CT molecular complexity index is 945. The van der Waals surface area contributed by atoms with Gasteiger partial charge in [0.25, 0.3) is 0 Å². The lowest BCUT2D eigenvalue weighted by molar-refractivity contribution is -0.121. The van der Waals surface area contributed by atoms with Crippen LogP contribution in [0.25, 0.3) is 10.2 Å². The second-order valence-electron chi connectivity index (χ2n) is 8.38.